The molecule has 0 aromatic heterocycles. The van der Waals surface area contributed by atoms with Crippen LogP contribution in [-0.2, 0) is 9.47 Å². The van der Waals surface area contributed by atoms with Gasteiger partial charge in [0.2, 0.25) is 0 Å². The molecule has 1 heterocycles. The minimum absolute atomic E-state index is 0.108. The summed E-state index contributed by atoms with van der Waals surface area (Å²) in [5.41, 5.74) is 2.56. The number of alkyl halides is 1. The quantitative estimate of drug-likeness (QED) is 0.789. The minimum atomic E-state index is -0.968. The Balaban J connectivity index is 1.91. The molecule has 0 N–H and O–H groups in total. The molecule has 1 aliphatic rings. The molecule has 3 nitrogen and oxygen atoms in total. The van der Waals surface area contributed by atoms with E-state index in [9.17, 15) is 9.18 Å². The number of hydrogen-bond acceptors (Lipinski definition) is 3. The van der Waals surface area contributed by atoms with Crippen LogP contribution in [0.2, 0.25) is 0 Å². The molecule has 3 unspecified atom stereocenters. The standard InChI is InChI=1S/C15H19FO3/c1-9-4-10(2)6-12(5-9)15(17)18-8-13-7-14(16)11(3)19-13/h4-6,11,13-14H,7-8H2,1-3H3. The van der Waals surface area contributed by atoms with Gasteiger partial charge in [0.05, 0.1) is 17.8 Å². The lowest BCUT2D eigenvalue weighted by Crippen LogP contribution is -2.19. The van der Waals surface area contributed by atoms with E-state index in [1.807, 2.05) is 19.9 Å². The van der Waals surface area contributed by atoms with Crippen molar-refractivity contribution in [3.8, 4) is 0 Å². The number of carbonyl (C=O) groups is 1. The minimum Gasteiger partial charge on any atom is -0.459 e. The Morgan fingerprint density at radius 3 is 2.53 bits per heavy atom. The Kier molecular flexibility index (Phi) is 4.20. The van der Waals surface area contributed by atoms with Crippen LogP contribution in [0.1, 0.15) is 34.8 Å². The van der Waals surface area contributed by atoms with Gasteiger partial charge in [0.1, 0.15) is 12.8 Å². The van der Waals surface area contributed by atoms with Gasteiger partial charge in [0.15, 0.2) is 0 Å². The van der Waals surface area contributed by atoms with E-state index < -0.39 is 12.3 Å². The third kappa shape index (κ3) is 3.53. The number of esters is 1. The topological polar surface area (TPSA) is 35.5 Å². The van der Waals surface area contributed by atoms with Crippen molar-refractivity contribution in [3.05, 3.63) is 34.9 Å². The van der Waals surface area contributed by atoms with E-state index in [4.69, 9.17) is 9.47 Å². The number of benzene rings is 1. The van der Waals surface area contributed by atoms with E-state index in [1.165, 1.54) is 0 Å². The second kappa shape index (κ2) is 5.70. The number of ether oxygens (including phenoxy) is 2. The van der Waals surface area contributed by atoms with Gasteiger partial charge in [-0.25, -0.2) is 9.18 Å². The molecular formula is C15H19FO3. The molecule has 0 saturated carbocycles. The highest BCUT2D eigenvalue weighted by molar-refractivity contribution is 5.89. The average molecular weight is 266 g/mol. The van der Waals surface area contributed by atoms with Crippen LogP contribution < -0.4 is 0 Å². The van der Waals surface area contributed by atoms with Crippen molar-refractivity contribution >= 4 is 5.97 Å². The van der Waals surface area contributed by atoms with Crippen molar-refractivity contribution < 1.29 is 18.7 Å². The summed E-state index contributed by atoms with van der Waals surface area (Å²) >= 11 is 0. The summed E-state index contributed by atoms with van der Waals surface area (Å²) in [5.74, 6) is -0.384. The third-order valence-electron chi connectivity index (χ3n) is 3.26. The van der Waals surface area contributed by atoms with Gasteiger partial charge in [-0.2, -0.15) is 0 Å². The van der Waals surface area contributed by atoms with E-state index >= 15 is 0 Å². The maximum absolute atomic E-state index is 13.3. The van der Waals surface area contributed by atoms with Gasteiger partial charge in [-0.05, 0) is 32.9 Å². The molecule has 1 aromatic carbocycles. The molecule has 0 spiro atoms. The van der Waals surface area contributed by atoms with Crippen molar-refractivity contribution in [2.24, 2.45) is 0 Å². The van der Waals surface area contributed by atoms with Crippen LogP contribution in [-0.4, -0.2) is 31.0 Å². The Labute approximate surface area is 112 Å². The van der Waals surface area contributed by atoms with Crippen molar-refractivity contribution in [2.45, 2.75) is 45.6 Å². The van der Waals surface area contributed by atoms with Crippen molar-refractivity contribution in [3.63, 3.8) is 0 Å². The molecule has 1 aromatic rings. The zero-order chi connectivity index (χ0) is 14.0. The summed E-state index contributed by atoms with van der Waals surface area (Å²) in [6.45, 7) is 5.66. The van der Waals surface area contributed by atoms with E-state index in [1.54, 1.807) is 19.1 Å². The second-order valence-electron chi connectivity index (χ2n) is 5.19. The monoisotopic (exact) mass is 266 g/mol. The lowest BCUT2D eigenvalue weighted by molar-refractivity contribution is -0.00708. The largest absolute Gasteiger partial charge is 0.459 e. The first-order chi connectivity index (χ1) is 8.95. The Hall–Kier alpha value is -1.42. The van der Waals surface area contributed by atoms with E-state index in [2.05, 4.69) is 0 Å². The normalized spacial score (nSPS) is 26.4. The van der Waals surface area contributed by atoms with Crippen LogP contribution in [0.15, 0.2) is 18.2 Å². The highest BCUT2D eigenvalue weighted by Crippen LogP contribution is 2.23. The van der Waals surface area contributed by atoms with Crippen LogP contribution in [0, 0.1) is 13.8 Å². The first-order valence-corrected chi connectivity index (χ1v) is 6.50. The highest BCUT2D eigenvalue weighted by Gasteiger charge is 2.32. The number of rotatable bonds is 3. The fraction of sp³-hybridized carbons (Fsp3) is 0.533. The van der Waals surface area contributed by atoms with Gasteiger partial charge in [0, 0.05) is 6.42 Å². The Morgan fingerprint density at radius 2 is 2.00 bits per heavy atom. The molecular weight excluding hydrogens is 247 g/mol. The van der Waals surface area contributed by atoms with Crippen LogP contribution >= 0.6 is 0 Å². The van der Waals surface area contributed by atoms with E-state index in [-0.39, 0.29) is 18.7 Å². The fourth-order valence-corrected chi connectivity index (χ4v) is 2.34. The fourth-order valence-electron chi connectivity index (χ4n) is 2.34. The average Bonchev–Trinajstić information content (AvgIpc) is 2.64. The number of aryl methyl sites for hydroxylation is 2. The molecule has 19 heavy (non-hydrogen) atoms. The molecule has 4 heteroatoms. The molecule has 1 saturated heterocycles. The van der Waals surface area contributed by atoms with E-state index in [0.717, 1.165) is 11.1 Å². The van der Waals surface area contributed by atoms with Gasteiger partial charge >= 0.3 is 5.97 Å². The molecule has 3 atom stereocenters. The van der Waals surface area contributed by atoms with Crippen LogP contribution in [0.25, 0.3) is 0 Å². The van der Waals surface area contributed by atoms with Gasteiger partial charge in [-0.3, -0.25) is 0 Å². The summed E-state index contributed by atoms with van der Waals surface area (Å²) in [5, 5.41) is 0. The van der Waals surface area contributed by atoms with Crippen molar-refractivity contribution in [1.82, 2.24) is 0 Å². The highest BCUT2D eigenvalue weighted by atomic mass is 19.1. The molecule has 1 fully saturated rings. The number of hydrogen-bond donors (Lipinski definition) is 0. The summed E-state index contributed by atoms with van der Waals surface area (Å²) in [4.78, 5) is 11.9. The molecule has 1 aliphatic heterocycles. The van der Waals surface area contributed by atoms with Gasteiger partial charge in [-0.15, -0.1) is 0 Å². The summed E-state index contributed by atoms with van der Waals surface area (Å²) < 4.78 is 23.8. The summed E-state index contributed by atoms with van der Waals surface area (Å²) in [6, 6.07) is 5.56. The zero-order valence-electron chi connectivity index (χ0n) is 11.5. The number of halogens is 1. The molecule has 0 bridgehead atoms. The lowest BCUT2D eigenvalue weighted by atomic mass is 10.1. The smallest absolute Gasteiger partial charge is 0.338 e. The second-order valence-corrected chi connectivity index (χ2v) is 5.19. The Morgan fingerprint density at radius 1 is 1.37 bits per heavy atom. The number of carbonyl (C=O) groups excluding carboxylic acids is 1. The molecule has 104 valence electrons. The van der Waals surface area contributed by atoms with Crippen LogP contribution in [0.4, 0.5) is 4.39 Å². The SMILES string of the molecule is Cc1cc(C)cc(C(=O)OCC2CC(F)C(C)O2)c1. The zero-order valence-corrected chi connectivity index (χ0v) is 11.5. The summed E-state index contributed by atoms with van der Waals surface area (Å²) in [6.07, 6.45) is -1.42. The summed E-state index contributed by atoms with van der Waals surface area (Å²) in [7, 11) is 0. The lowest BCUT2D eigenvalue weighted by Gasteiger charge is -2.11. The van der Waals surface area contributed by atoms with Crippen molar-refractivity contribution in [1.29, 1.82) is 0 Å². The third-order valence-corrected chi connectivity index (χ3v) is 3.26. The molecule has 0 amide bonds. The van der Waals surface area contributed by atoms with E-state index in [0.29, 0.717) is 12.0 Å². The van der Waals surface area contributed by atoms with Gasteiger partial charge < -0.3 is 9.47 Å². The predicted molar refractivity (Wildman–Crippen MR) is 70.0 cm³/mol. The van der Waals surface area contributed by atoms with Gasteiger partial charge in [-0.1, -0.05) is 17.2 Å². The first-order valence-electron chi connectivity index (χ1n) is 6.50. The Bertz CT molecular complexity index is 442. The van der Waals surface area contributed by atoms with Crippen LogP contribution in [0.5, 0.6) is 0 Å². The van der Waals surface area contributed by atoms with Crippen LogP contribution in [0.3, 0.4) is 0 Å². The maximum atomic E-state index is 13.3. The molecule has 0 aliphatic carbocycles. The van der Waals surface area contributed by atoms with Crippen molar-refractivity contribution in [2.75, 3.05) is 6.61 Å². The van der Waals surface area contributed by atoms with Gasteiger partial charge in [0.25, 0.3) is 0 Å². The maximum Gasteiger partial charge on any atom is 0.338 e. The predicted octanol–water partition coefficient (Wildman–Crippen LogP) is 2.98. The molecule has 2 rings (SSSR count). The first kappa shape index (κ1) is 14.0. The molecule has 0 radical (unpaired) electrons.